The topological polar surface area (TPSA) is 38.3 Å². The highest BCUT2D eigenvalue weighted by Crippen LogP contribution is 2.24. The number of hydrogen-bond donors (Lipinski definition) is 1. The van der Waals surface area contributed by atoms with Crippen LogP contribution >= 0.6 is 0 Å². The van der Waals surface area contributed by atoms with E-state index in [0.717, 1.165) is 5.92 Å². The summed E-state index contributed by atoms with van der Waals surface area (Å²) in [6.45, 7) is 6.69. The maximum absolute atomic E-state index is 11.3. The molecule has 0 spiro atoms. The summed E-state index contributed by atoms with van der Waals surface area (Å²) in [5.41, 5.74) is 0. The van der Waals surface area contributed by atoms with Crippen LogP contribution in [0.15, 0.2) is 0 Å². The number of hydrogen-bond acceptors (Lipinski definition) is 3. The minimum Gasteiger partial charge on any atom is -0.466 e. The quantitative estimate of drug-likeness (QED) is 0.733. The molecule has 3 heteroatoms. The first-order valence-corrected chi connectivity index (χ1v) is 6.55. The van der Waals surface area contributed by atoms with Crippen LogP contribution in [0.25, 0.3) is 0 Å². The van der Waals surface area contributed by atoms with Crippen LogP contribution < -0.4 is 5.32 Å². The summed E-state index contributed by atoms with van der Waals surface area (Å²) in [6.07, 6.45) is 5.70. The lowest BCUT2D eigenvalue weighted by Gasteiger charge is -2.32. The van der Waals surface area contributed by atoms with Gasteiger partial charge in [0, 0.05) is 12.1 Å². The Bertz CT molecular complexity index is 218. The highest BCUT2D eigenvalue weighted by molar-refractivity contribution is 5.70. The van der Waals surface area contributed by atoms with Gasteiger partial charge < -0.3 is 10.1 Å². The van der Waals surface area contributed by atoms with Crippen LogP contribution in [0.4, 0.5) is 0 Å². The predicted molar refractivity (Wildman–Crippen MR) is 65.3 cm³/mol. The summed E-state index contributed by atoms with van der Waals surface area (Å²) >= 11 is 0. The zero-order chi connectivity index (χ0) is 12.0. The van der Waals surface area contributed by atoms with Crippen LogP contribution in [0.3, 0.4) is 0 Å². The lowest BCUT2D eigenvalue weighted by molar-refractivity contribution is -0.143. The van der Waals surface area contributed by atoms with Gasteiger partial charge in [-0.25, -0.2) is 0 Å². The molecule has 16 heavy (non-hydrogen) atoms. The van der Waals surface area contributed by atoms with Gasteiger partial charge in [0.05, 0.1) is 13.0 Å². The van der Waals surface area contributed by atoms with Gasteiger partial charge in [-0.15, -0.1) is 0 Å². The molecule has 0 radical (unpaired) electrons. The highest BCUT2D eigenvalue weighted by Gasteiger charge is 2.23. The normalized spacial score (nSPS) is 27.4. The van der Waals surface area contributed by atoms with Crippen LogP contribution in [0.5, 0.6) is 0 Å². The van der Waals surface area contributed by atoms with Gasteiger partial charge >= 0.3 is 5.97 Å². The minimum absolute atomic E-state index is 0.0917. The van der Waals surface area contributed by atoms with E-state index in [1.54, 1.807) is 0 Å². The van der Waals surface area contributed by atoms with E-state index in [9.17, 15) is 4.79 Å². The molecule has 0 aromatic carbocycles. The minimum atomic E-state index is -0.0917. The van der Waals surface area contributed by atoms with Crippen molar-refractivity contribution in [3.05, 3.63) is 0 Å². The SMILES string of the molecule is CCOC(=O)CC(C)NC1CCCCC1C. The average Bonchev–Trinajstić information content (AvgIpc) is 2.21. The first-order valence-electron chi connectivity index (χ1n) is 6.55. The van der Waals surface area contributed by atoms with Gasteiger partial charge in [0.2, 0.25) is 0 Å². The van der Waals surface area contributed by atoms with Crippen LogP contribution in [0, 0.1) is 5.92 Å². The van der Waals surface area contributed by atoms with E-state index < -0.39 is 0 Å². The fraction of sp³-hybridized carbons (Fsp3) is 0.923. The Kier molecular flexibility index (Phi) is 5.81. The number of esters is 1. The molecule has 1 rings (SSSR count). The van der Waals surface area contributed by atoms with E-state index in [-0.39, 0.29) is 12.0 Å². The lowest BCUT2D eigenvalue weighted by Crippen LogP contribution is -2.43. The Hall–Kier alpha value is -0.570. The second-order valence-electron chi connectivity index (χ2n) is 4.95. The summed E-state index contributed by atoms with van der Waals surface area (Å²) in [4.78, 5) is 11.3. The third-order valence-corrected chi connectivity index (χ3v) is 3.39. The molecular weight excluding hydrogens is 202 g/mol. The molecule has 1 aliphatic carbocycles. The van der Waals surface area contributed by atoms with Crippen molar-refractivity contribution in [2.75, 3.05) is 6.61 Å². The molecule has 0 saturated heterocycles. The molecule has 0 aliphatic heterocycles. The van der Waals surface area contributed by atoms with E-state index in [4.69, 9.17) is 4.74 Å². The fourth-order valence-corrected chi connectivity index (χ4v) is 2.46. The van der Waals surface area contributed by atoms with Crippen LogP contribution in [0.2, 0.25) is 0 Å². The van der Waals surface area contributed by atoms with Crippen molar-refractivity contribution in [1.29, 1.82) is 0 Å². The van der Waals surface area contributed by atoms with E-state index in [1.165, 1.54) is 25.7 Å². The number of carbonyl (C=O) groups excluding carboxylic acids is 1. The highest BCUT2D eigenvalue weighted by atomic mass is 16.5. The van der Waals surface area contributed by atoms with E-state index in [1.807, 2.05) is 6.92 Å². The fourth-order valence-electron chi connectivity index (χ4n) is 2.46. The summed E-state index contributed by atoms with van der Waals surface area (Å²) in [7, 11) is 0. The zero-order valence-electron chi connectivity index (χ0n) is 10.8. The first-order chi connectivity index (χ1) is 7.63. The molecule has 1 fully saturated rings. The number of ether oxygens (including phenoxy) is 1. The maximum atomic E-state index is 11.3. The molecular formula is C13H25NO2. The van der Waals surface area contributed by atoms with Gasteiger partial charge in [-0.2, -0.15) is 0 Å². The number of rotatable bonds is 5. The second kappa shape index (κ2) is 6.89. The van der Waals surface area contributed by atoms with Gasteiger partial charge in [0.15, 0.2) is 0 Å². The molecule has 0 bridgehead atoms. The zero-order valence-corrected chi connectivity index (χ0v) is 10.8. The van der Waals surface area contributed by atoms with Crippen molar-refractivity contribution in [3.63, 3.8) is 0 Å². The summed E-state index contributed by atoms with van der Waals surface area (Å²) < 4.78 is 4.95. The lowest BCUT2D eigenvalue weighted by atomic mass is 9.85. The third kappa shape index (κ3) is 4.52. The van der Waals surface area contributed by atoms with Gasteiger partial charge in [-0.1, -0.05) is 19.8 Å². The Morgan fingerprint density at radius 3 is 2.75 bits per heavy atom. The van der Waals surface area contributed by atoms with E-state index in [2.05, 4.69) is 19.2 Å². The van der Waals surface area contributed by atoms with Gasteiger partial charge in [0.1, 0.15) is 0 Å². The number of carbonyl (C=O) groups is 1. The second-order valence-corrected chi connectivity index (χ2v) is 4.95. The molecule has 0 aromatic rings. The van der Waals surface area contributed by atoms with Gasteiger partial charge in [0.25, 0.3) is 0 Å². The van der Waals surface area contributed by atoms with Crippen molar-refractivity contribution in [2.24, 2.45) is 5.92 Å². The summed E-state index contributed by atoms with van der Waals surface area (Å²) in [5.74, 6) is 0.643. The van der Waals surface area contributed by atoms with Crippen LogP contribution in [-0.2, 0) is 9.53 Å². The molecule has 0 heterocycles. The number of nitrogens with one attached hydrogen (secondary N) is 1. The molecule has 3 atom stereocenters. The molecule has 3 nitrogen and oxygen atoms in total. The van der Waals surface area contributed by atoms with Crippen LogP contribution in [0.1, 0.15) is 52.9 Å². The first kappa shape index (κ1) is 13.5. The van der Waals surface area contributed by atoms with Gasteiger partial charge in [-0.3, -0.25) is 4.79 Å². The molecule has 0 amide bonds. The molecule has 3 unspecified atom stereocenters. The molecule has 1 aliphatic rings. The maximum Gasteiger partial charge on any atom is 0.307 e. The smallest absolute Gasteiger partial charge is 0.307 e. The van der Waals surface area contributed by atoms with Gasteiger partial charge in [-0.05, 0) is 32.6 Å². The monoisotopic (exact) mass is 227 g/mol. The Morgan fingerprint density at radius 1 is 1.44 bits per heavy atom. The van der Waals surface area contributed by atoms with Crippen molar-refractivity contribution < 1.29 is 9.53 Å². The van der Waals surface area contributed by atoms with E-state index in [0.29, 0.717) is 19.1 Å². The van der Waals surface area contributed by atoms with Crippen LogP contribution in [-0.4, -0.2) is 24.7 Å². The Labute approximate surface area is 98.9 Å². The Balaban J connectivity index is 2.26. The Morgan fingerprint density at radius 2 is 2.12 bits per heavy atom. The molecule has 94 valence electrons. The molecule has 1 N–H and O–H groups in total. The third-order valence-electron chi connectivity index (χ3n) is 3.39. The standard InChI is InChI=1S/C13H25NO2/c1-4-16-13(15)9-11(3)14-12-8-6-5-7-10(12)2/h10-12,14H,4-9H2,1-3H3. The van der Waals surface area contributed by atoms with Crippen molar-refractivity contribution in [2.45, 2.75) is 65.0 Å². The molecule has 0 aromatic heterocycles. The van der Waals surface area contributed by atoms with Crippen molar-refractivity contribution in [3.8, 4) is 0 Å². The average molecular weight is 227 g/mol. The van der Waals surface area contributed by atoms with E-state index >= 15 is 0 Å². The van der Waals surface area contributed by atoms with Crippen molar-refractivity contribution in [1.82, 2.24) is 5.32 Å². The summed E-state index contributed by atoms with van der Waals surface area (Å²) in [6, 6.07) is 0.808. The van der Waals surface area contributed by atoms with Crippen molar-refractivity contribution >= 4 is 5.97 Å². The largest absolute Gasteiger partial charge is 0.466 e. The summed E-state index contributed by atoms with van der Waals surface area (Å²) in [5, 5.41) is 3.56. The predicted octanol–water partition coefficient (Wildman–Crippen LogP) is 2.50. The molecule has 1 saturated carbocycles.